The van der Waals surface area contributed by atoms with Crippen LogP contribution in [0.3, 0.4) is 0 Å². The van der Waals surface area contributed by atoms with E-state index in [0.29, 0.717) is 19.3 Å². The largest absolute Gasteiger partial charge is 0.472 e. The third-order valence-electron chi connectivity index (χ3n) is 16.8. The fourth-order valence-electron chi connectivity index (χ4n) is 10.7. The molecule has 0 aliphatic heterocycles. The lowest BCUT2D eigenvalue weighted by Gasteiger charge is -2.21. The second-order valence-electron chi connectivity index (χ2n) is 26.8. The molecular formula is C85H146O16P2. The number of carbonyl (C=O) groups excluding carboxylic acids is 3. The molecule has 0 fully saturated rings. The predicted molar refractivity (Wildman–Crippen MR) is 426 cm³/mol. The van der Waals surface area contributed by atoms with Gasteiger partial charge in [-0.1, -0.05) is 309 Å². The van der Waals surface area contributed by atoms with Crippen LogP contribution in [0.15, 0.2) is 134 Å². The Hall–Kier alpha value is -4.31. The molecule has 0 aliphatic carbocycles. The molecule has 5 unspecified atom stereocenters. The van der Waals surface area contributed by atoms with Crippen molar-refractivity contribution >= 4 is 33.6 Å². The SMILES string of the molecule is CC/C=C\C/C=C\C/C=C\C/C=C\C/C=C\CCCCCCCCCCCCCCCCCCCC(=O)OCC(O)COP(=O)(O)OCC(O)COP(=O)(O)OCC(COC(=O)CCCCCCCC/C=C\C/C=C\C/C=C\CCCCC)OC(=O)CCCCCCC/C=C\C/C=C\C/C=C\CC. The van der Waals surface area contributed by atoms with Crippen LogP contribution in [0.4, 0.5) is 0 Å². The minimum atomic E-state index is -4.94. The van der Waals surface area contributed by atoms with Crippen LogP contribution in [0.2, 0.25) is 0 Å². The van der Waals surface area contributed by atoms with Gasteiger partial charge in [-0.15, -0.1) is 0 Å². The van der Waals surface area contributed by atoms with Crippen molar-refractivity contribution in [1.29, 1.82) is 0 Å². The highest BCUT2D eigenvalue weighted by Crippen LogP contribution is 2.45. The van der Waals surface area contributed by atoms with Crippen LogP contribution < -0.4 is 0 Å². The van der Waals surface area contributed by atoms with Crippen LogP contribution in [0.1, 0.15) is 329 Å². The number of carbonyl (C=O) groups is 3. The molecule has 0 aromatic heterocycles. The monoisotopic (exact) mass is 1490 g/mol. The van der Waals surface area contributed by atoms with E-state index in [1.54, 1.807) is 0 Å². The quantitative estimate of drug-likeness (QED) is 0.0146. The Balaban J connectivity index is 4.45. The van der Waals surface area contributed by atoms with Crippen molar-refractivity contribution in [3.8, 4) is 0 Å². The summed E-state index contributed by atoms with van der Waals surface area (Å²) in [5, 5.41) is 20.6. The molecule has 16 nitrogen and oxygen atoms in total. The molecule has 0 aromatic rings. The zero-order valence-electron chi connectivity index (χ0n) is 64.7. The molecule has 0 amide bonds. The second kappa shape index (κ2) is 77.3. The third-order valence-corrected chi connectivity index (χ3v) is 18.7. The van der Waals surface area contributed by atoms with E-state index in [4.69, 9.17) is 32.3 Å². The van der Waals surface area contributed by atoms with Gasteiger partial charge in [0.1, 0.15) is 25.4 Å². The van der Waals surface area contributed by atoms with Crippen LogP contribution in [0.25, 0.3) is 0 Å². The molecule has 0 radical (unpaired) electrons. The Kier molecular flexibility index (Phi) is 74.1. The van der Waals surface area contributed by atoms with Crippen molar-refractivity contribution < 1.29 is 75.8 Å². The van der Waals surface area contributed by atoms with Crippen LogP contribution in [-0.4, -0.2) is 95.9 Å². The van der Waals surface area contributed by atoms with E-state index in [1.165, 1.54) is 109 Å². The Bertz CT molecular complexity index is 2410. The first-order valence-electron chi connectivity index (χ1n) is 40.5. The fraction of sp³-hybridized carbons (Fsp3) is 0.706. The summed E-state index contributed by atoms with van der Waals surface area (Å²) >= 11 is 0. The average Bonchev–Trinajstić information content (AvgIpc) is 0.916. The predicted octanol–water partition coefficient (Wildman–Crippen LogP) is 23.9. The van der Waals surface area contributed by atoms with Crippen molar-refractivity contribution in [2.24, 2.45) is 0 Å². The summed E-state index contributed by atoms with van der Waals surface area (Å²) in [5.41, 5.74) is 0. The van der Waals surface area contributed by atoms with Gasteiger partial charge < -0.3 is 34.2 Å². The van der Waals surface area contributed by atoms with E-state index < -0.39 is 91.5 Å². The van der Waals surface area contributed by atoms with Crippen LogP contribution in [0, 0.1) is 0 Å². The van der Waals surface area contributed by atoms with Gasteiger partial charge in [-0.3, -0.25) is 32.5 Å². The van der Waals surface area contributed by atoms with Crippen molar-refractivity contribution in [3.05, 3.63) is 134 Å². The van der Waals surface area contributed by atoms with Gasteiger partial charge in [0.25, 0.3) is 0 Å². The van der Waals surface area contributed by atoms with Crippen LogP contribution in [-0.2, 0) is 55.8 Å². The van der Waals surface area contributed by atoms with Crippen molar-refractivity contribution in [2.45, 2.75) is 347 Å². The van der Waals surface area contributed by atoms with E-state index in [1.807, 2.05) is 0 Å². The first-order valence-corrected chi connectivity index (χ1v) is 43.5. The van der Waals surface area contributed by atoms with Gasteiger partial charge in [-0.25, -0.2) is 9.13 Å². The maximum absolute atomic E-state index is 13.0. The zero-order valence-corrected chi connectivity index (χ0v) is 66.5. The van der Waals surface area contributed by atoms with Crippen molar-refractivity contribution in [1.82, 2.24) is 0 Å². The summed E-state index contributed by atoms with van der Waals surface area (Å²) < 4.78 is 61.1. The molecular weight excluding hydrogens is 1340 g/mol. The van der Waals surface area contributed by atoms with Gasteiger partial charge in [0.2, 0.25) is 0 Å². The van der Waals surface area contributed by atoms with Gasteiger partial charge >= 0.3 is 33.6 Å². The van der Waals surface area contributed by atoms with Gasteiger partial charge in [0, 0.05) is 19.3 Å². The van der Waals surface area contributed by atoms with Crippen molar-refractivity contribution in [3.63, 3.8) is 0 Å². The lowest BCUT2D eigenvalue weighted by Crippen LogP contribution is -2.30. The molecule has 0 rings (SSSR count). The van der Waals surface area contributed by atoms with E-state index in [9.17, 15) is 43.5 Å². The number of esters is 3. The third kappa shape index (κ3) is 78.6. The Morgan fingerprint density at radius 3 is 0.816 bits per heavy atom. The normalized spacial score (nSPS) is 14.7. The van der Waals surface area contributed by atoms with E-state index in [0.717, 1.165) is 161 Å². The Morgan fingerprint density at radius 2 is 0.515 bits per heavy atom. The van der Waals surface area contributed by atoms with Crippen LogP contribution in [0.5, 0.6) is 0 Å². The van der Waals surface area contributed by atoms with Crippen LogP contribution >= 0.6 is 15.6 Å². The molecule has 0 aliphatic rings. The summed E-state index contributed by atoms with van der Waals surface area (Å²) in [6.07, 6.45) is 93.7. The van der Waals surface area contributed by atoms with Crippen molar-refractivity contribution in [2.75, 3.05) is 39.6 Å². The summed E-state index contributed by atoms with van der Waals surface area (Å²) in [5.74, 6) is -1.60. The summed E-state index contributed by atoms with van der Waals surface area (Å²) in [6.45, 7) is 2.41. The number of hydrogen-bond acceptors (Lipinski definition) is 14. The number of hydrogen-bond donors (Lipinski definition) is 4. The Labute approximate surface area is 626 Å². The van der Waals surface area contributed by atoms with Gasteiger partial charge in [-0.2, -0.15) is 0 Å². The molecule has 5 atom stereocenters. The maximum Gasteiger partial charge on any atom is 0.472 e. The molecule has 0 bridgehead atoms. The lowest BCUT2D eigenvalue weighted by molar-refractivity contribution is -0.161. The molecule has 0 saturated carbocycles. The van der Waals surface area contributed by atoms with E-state index >= 15 is 0 Å². The molecule has 0 spiro atoms. The van der Waals surface area contributed by atoms with Gasteiger partial charge in [0.15, 0.2) is 6.10 Å². The maximum atomic E-state index is 13.0. The molecule has 0 saturated heterocycles. The van der Waals surface area contributed by atoms with E-state index in [-0.39, 0.29) is 19.3 Å². The number of aliphatic hydroxyl groups is 2. The molecule has 18 heteroatoms. The number of aliphatic hydroxyl groups excluding tert-OH is 2. The smallest absolute Gasteiger partial charge is 0.463 e. The second-order valence-corrected chi connectivity index (χ2v) is 29.7. The number of phosphoric acid groups is 2. The number of allylic oxidation sites excluding steroid dienone is 22. The molecule has 4 N–H and O–H groups in total. The number of phosphoric ester groups is 2. The first kappa shape index (κ1) is 98.7. The summed E-state index contributed by atoms with van der Waals surface area (Å²) in [6, 6.07) is 0. The van der Waals surface area contributed by atoms with Gasteiger partial charge in [0.05, 0.1) is 26.4 Å². The standard InChI is InChI=1S/C85H146O16P2/c1-4-7-10-13-16-19-22-25-28-30-32-33-34-35-36-37-38-39-40-41-42-43-44-45-47-49-51-53-56-59-62-65-68-71-83(88)95-74-80(86)75-97-102(91,92)98-76-81(87)77-99-103(93,94)100-79-82(101-85(90)73-70-67-64-61-58-55-50-27-24-21-18-15-12-9-6-3)78-96-84(89)72-69-66-63-60-57-54-52-48-46-31-29-26-23-20-17-14-11-8-5-2/h7,9-10,12,16-21,25-29,32-33,35-36,46,48,50,80-82,86-87H,4-6,8,11,13-15,22-24,30-31,34,37-45,47,49,51-79H2,1-3H3,(H,91,92)(H,93,94)/b10-7-,12-9-,19-16-,20-17-,21-18-,28-25-,29-26-,33-32-,36-35-,48-46-,50-27-. The zero-order chi connectivity index (χ0) is 75.2. The van der Waals surface area contributed by atoms with E-state index in [2.05, 4.69) is 154 Å². The molecule has 592 valence electrons. The highest BCUT2D eigenvalue weighted by Gasteiger charge is 2.29. The minimum absolute atomic E-state index is 0.0801. The highest BCUT2D eigenvalue weighted by atomic mass is 31.2. The van der Waals surface area contributed by atoms with Gasteiger partial charge in [-0.05, 0) is 135 Å². The number of unbranched alkanes of at least 4 members (excludes halogenated alkanes) is 31. The molecule has 103 heavy (non-hydrogen) atoms. The fourth-order valence-corrected chi connectivity index (χ4v) is 12.3. The Morgan fingerprint density at radius 1 is 0.282 bits per heavy atom. The first-order chi connectivity index (χ1) is 50.2. The minimum Gasteiger partial charge on any atom is -0.463 e. The molecule has 0 heterocycles. The molecule has 0 aromatic carbocycles. The average molecular weight is 1490 g/mol. The summed E-state index contributed by atoms with van der Waals surface area (Å²) in [7, 11) is -9.80. The summed E-state index contributed by atoms with van der Waals surface area (Å²) in [4.78, 5) is 58.6. The number of rotatable bonds is 76. The topological polar surface area (TPSA) is 231 Å². The highest BCUT2D eigenvalue weighted by molar-refractivity contribution is 7.47. The number of ether oxygens (including phenoxy) is 3. The lowest BCUT2D eigenvalue weighted by atomic mass is 10.0.